The summed E-state index contributed by atoms with van der Waals surface area (Å²) in [6.07, 6.45) is 3.66. The Labute approximate surface area is 85.3 Å². The average molecular weight is 197 g/mol. The monoisotopic (exact) mass is 197 g/mol. The molecule has 0 fully saturated rings. The van der Waals surface area contributed by atoms with E-state index in [0.29, 0.717) is 6.61 Å². The van der Waals surface area contributed by atoms with Gasteiger partial charge in [0.15, 0.2) is 0 Å². The van der Waals surface area contributed by atoms with Crippen LogP contribution in [0.3, 0.4) is 0 Å². The molecular formula is C11H19NO2. The summed E-state index contributed by atoms with van der Waals surface area (Å²) in [5.41, 5.74) is 1.25. The molecule has 1 N–H and O–H groups in total. The van der Waals surface area contributed by atoms with Gasteiger partial charge in [-0.3, -0.25) is 0 Å². The number of nitrogens with zero attached hydrogens (tertiary/aromatic N) is 1. The summed E-state index contributed by atoms with van der Waals surface area (Å²) in [5, 5.41) is 8.65. The highest BCUT2D eigenvalue weighted by atomic mass is 16.3. The van der Waals surface area contributed by atoms with Gasteiger partial charge in [0.25, 0.3) is 0 Å². The summed E-state index contributed by atoms with van der Waals surface area (Å²) < 4.78 is 5.22. The van der Waals surface area contributed by atoms with E-state index in [2.05, 4.69) is 11.9 Å². The second-order valence-electron chi connectivity index (χ2n) is 3.67. The van der Waals surface area contributed by atoms with E-state index in [1.807, 2.05) is 13.0 Å². The lowest BCUT2D eigenvalue weighted by Gasteiger charge is -2.15. The van der Waals surface area contributed by atoms with Gasteiger partial charge in [0.05, 0.1) is 6.26 Å². The van der Waals surface area contributed by atoms with Crippen molar-refractivity contribution in [1.29, 1.82) is 0 Å². The molecule has 0 saturated carbocycles. The Morgan fingerprint density at radius 1 is 1.43 bits per heavy atom. The minimum Gasteiger partial charge on any atom is -0.469 e. The number of furan rings is 1. The fourth-order valence-corrected chi connectivity index (χ4v) is 1.44. The second-order valence-corrected chi connectivity index (χ2v) is 3.67. The van der Waals surface area contributed by atoms with E-state index < -0.39 is 0 Å². The van der Waals surface area contributed by atoms with Crippen LogP contribution >= 0.6 is 0 Å². The summed E-state index contributed by atoms with van der Waals surface area (Å²) in [5.74, 6) is 0.999. The molecule has 0 bridgehead atoms. The number of aryl methyl sites for hydroxylation is 1. The molecule has 0 aliphatic rings. The van der Waals surface area contributed by atoms with Crippen LogP contribution in [0.4, 0.5) is 0 Å². The molecule has 14 heavy (non-hydrogen) atoms. The van der Waals surface area contributed by atoms with Crippen LogP contribution in [0.5, 0.6) is 0 Å². The third-order valence-electron chi connectivity index (χ3n) is 2.35. The molecule has 0 amide bonds. The van der Waals surface area contributed by atoms with E-state index in [1.54, 1.807) is 6.26 Å². The van der Waals surface area contributed by atoms with Crippen molar-refractivity contribution in [2.24, 2.45) is 0 Å². The zero-order valence-electron chi connectivity index (χ0n) is 8.99. The maximum absolute atomic E-state index is 8.65. The van der Waals surface area contributed by atoms with Crippen molar-refractivity contribution in [1.82, 2.24) is 4.90 Å². The largest absolute Gasteiger partial charge is 0.469 e. The smallest absolute Gasteiger partial charge is 0.105 e. The number of aliphatic hydroxyl groups is 1. The minimum atomic E-state index is 0.290. The van der Waals surface area contributed by atoms with Crippen molar-refractivity contribution >= 4 is 0 Å². The Balaban J connectivity index is 2.27. The van der Waals surface area contributed by atoms with Gasteiger partial charge in [-0.2, -0.15) is 0 Å². The molecule has 1 aromatic rings. The standard InChI is InChI=1S/C11H19NO2/c1-10-11(5-8-14-10)9-12(2)6-3-4-7-13/h5,8,13H,3-4,6-7,9H2,1-2H3. The van der Waals surface area contributed by atoms with Gasteiger partial charge in [-0.05, 0) is 39.4 Å². The van der Waals surface area contributed by atoms with Crippen LogP contribution in [0.1, 0.15) is 24.2 Å². The highest BCUT2D eigenvalue weighted by Gasteiger charge is 2.04. The quantitative estimate of drug-likeness (QED) is 0.706. The second kappa shape index (κ2) is 5.83. The fraction of sp³-hybridized carbons (Fsp3) is 0.636. The SMILES string of the molecule is Cc1occc1CN(C)CCCCO. The molecule has 1 heterocycles. The molecule has 1 aromatic heterocycles. The summed E-state index contributed by atoms with van der Waals surface area (Å²) in [6.45, 7) is 4.22. The molecule has 1 rings (SSSR count). The molecule has 80 valence electrons. The number of hydrogen-bond acceptors (Lipinski definition) is 3. The highest BCUT2D eigenvalue weighted by molar-refractivity contribution is 5.14. The first-order valence-electron chi connectivity index (χ1n) is 5.06. The Bertz CT molecular complexity index is 258. The minimum absolute atomic E-state index is 0.290. The molecule has 0 saturated heterocycles. The van der Waals surface area contributed by atoms with Crippen LogP contribution in [0.2, 0.25) is 0 Å². The van der Waals surface area contributed by atoms with Crippen LogP contribution in [0.25, 0.3) is 0 Å². The van der Waals surface area contributed by atoms with E-state index in [4.69, 9.17) is 9.52 Å². The Kier molecular flexibility index (Phi) is 4.70. The van der Waals surface area contributed by atoms with E-state index in [-0.39, 0.29) is 0 Å². The van der Waals surface area contributed by atoms with Gasteiger partial charge in [0.2, 0.25) is 0 Å². The lowest BCUT2D eigenvalue weighted by Crippen LogP contribution is -2.19. The third-order valence-corrected chi connectivity index (χ3v) is 2.35. The Hall–Kier alpha value is -0.800. The number of rotatable bonds is 6. The van der Waals surface area contributed by atoms with Gasteiger partial charge in [0, 0.05) is 18.7 Å². The van der Waals surface area contributed by atoms with Crippen molar-refractivity contribution in [2.45, 2.75) is 26.3 Å². The molecule has 3 heteroatoms. The maximum Gasteiger partial charge on any atom is 0.105 e. The molecule has 0 atom stereocenters. The predicted molar refractivity (Wildman–Crippen MR) is 56.1 cm³/mol. The Morgan fingerprint density at radius 2 is 2.21 bits per heavy atom. The van der Waals surface area contributed by atoms with Crippen molar-refractivity contribution < 1.29 is 9.52 Å². The summed E-state index contributed by atoms with van der Waals surface area (Å²) in [6, 6.07) is 2.01. The van der Waals surface area contributed by atoms with Crippen LogP contribution in [0, 0.1) is 6.92 Å². The first-order chi connectivity index (χ1) is 6.74. The fourth-order valence-electron chi connectivity index (χ4n) is 1.44. The van der Waals surface area contributed by atoms with Gasteiger partial charge in [-0.25, -0.2) is 0 Å². The predicted octanol–water partition coefficient (Wildman–Crippen LogP) is 1.79. The maximum atomic E-state index is 8.65. The molecule has 0 spiro atoms. The van der Waals surface area contributed by atoms with Crippen molar-refractivity contribution in [3.05, 3.63) is 23.7 Å². The summed E-state index contributed by atoms with van der Waals surface area (Å²) >= 11 is 0. The third kappa shape index (κ3) is 3.52. The number of hydrogen-bond donors (Lipinski definition) is 1. The Morgan fingerprint density at radius 3 is 2.79 bits per heavy atom. The number of unbranched alkanes of at least 4 members (excludes halogenated alkanes) is 1. The van der Waals surface area contributed by atoms with E-state index in [1.165, 1.54) is 5.56 Å². The lowest BCUT2D eigenvalue weighted by molar-refractivity contribution is 0.260. The van der Waals surface area contributed by atoms with E-state index >= 15 is 0 Å². The number of aliphatic hydroxyl groups excluding tert-OH is 1. The van der Waals surface area contributed by atoms with Crippen LogP contribution in [-0.2, 0) is 6.54 Å². The van der Waals surface area contributed by atoms with Crippen LogP contribution in [-0.4, -0.2) is 30.2 Å². The molecule has 0 radical (unpaired) electrons. The zero-order valence-corrected chi connectivity index (χ0v) is 8.99. The van der Waals surface area contributed by atoms with Crippen molar-refractivity contribution in [3.8, 4) is 0 Å². The molecule has 3 nitrogen and oxygen atoms in total. The first-order valence-corrected chi connectivity index (χ1v) is 5.06. The van der Waals surface area contributed by atoms with E-state index in [9.17, 15) is 0 Å². The topological polar surface area (TPSA) is 36.6 Å². The molecule has 0 unspecified atom stereocenters. The normalized spacial score (nSPS) is 11.1. The lowest BCUT2D eigenvalue weighted by atomic mass is 10.2. The average Bonchev–Trinajstić information content (AvgIpc) is 2.52. The van der Waals surface area contributed by atoms with Gasteiger partial charge in [0.1, 0.15) is 5.76 Å². The van der Waals surface area contributed by atoms with Crippen molar-refractivity contribution in [3.63, 3.8) is 0 Å². The van der Waals surface area contributed by atoms with Crippen molar-refractivity contribution in [2.75, 3.05) is 20.2 Å². The van der Waals surface area contributed by atoms with Gasteiger partial charge in [-0.15, -0.1) is 0 Å². The molecule has 0 aliphatic heterocycles. The van der Waals surface area contributed by atoms with Gasteiger partial charge >= 0.3 is 0 Å². The molecular weight excluding hydrogens is 178 g/mol. The summed E-state index contributed by atoms with van der Waals surface area (Å²) in [7, 11) is 2.09. The van der Waals surface area contributed by atoms with Gasteiger partial charge in [-0.1, -0.05) is 0 Å². The highest BCUT2D eigenvalue weighted by Crippen LogP contribution is 2.11. The first kappa shape index (κ1) is 11.3. The zero-order chi connectivity index (χ0) is 10.4. The van der Waals surface area contributed by atoms with Gasteiger partial charge < -0.3 is 14.4 Å². The molecule has 0 aromatic carbocycles. The molecule has 0 aliphatic carbocycles. The van der Waals surface area contributed by atoms with Crippen LogP contribution in [0.15, 0.2) is 16.7 Å². The van der Waals surface area contributed by atoms with Crippen LogP contribution < -0.4 is 0 Å². The summed E-state index contributed by atoms with van der Waals surface area (Å²) in [4.78, 5) is 2.24. The van der Waals surface area contributed by atoms with E-state index in [0.717, 1.165) is 31.7 Å².